The smallest absolute Gasteiger partial charge is 0.226 e. The van der Waals surface area contributed by atoms with Crippen LogP contribution in [-0.2, 0) is 0 Å². The van der Waals surface area contributed by atoms with Crippen LogP contribution in [-0.4, -0.2) is 22.1 Å². The molecule has 0 bridgehead atoms. The quantitative estimate of drug-likeness (QED) is 0.873. The van der Waals surface area contributed by atoms with Gasteiger partial charge in [0, 0.05) is 12.1 Å². The largest absolute Gasteiger partial charge is 0.364 e. The average Bonchev–Trinajstić information content (AvgIpc) is 3.10. The van der Waals surface area contributed by atoms with Crippen LogP contribution in [0, 0.1) is 5.92 Å². The van der Waals surface area contributed by atoms with Gasteiger partial charge in [0.05, 0.1) is 5.39 Å². The predicted octanol–water partition coefficient (Wildman–Crippen LogP) is 3.72. The molecule has 0 radical (unpaired) electrons. The Morgan fingerprint density at radius 1 is 1.37 bits per heavy atom. The molecule has 0 saturated heterocycles. The molecule has 2 heterocycles. The van der Waals surface area contributed by atoms with E-state index in [0.29, 0.717) is 5.95 Å². The third kappa shape index (κ3) is 2.52. The van der Waals surface area contributed by atoms with Gasteiger partial charge in [0.25, 0.3) is 0 Å². The minimum atomic E-state index is 0.104. The molecule has 2 aromatic rings. The summed E-state index contributed by atoms with van der Waals surface area (Å²) in [5, 5.41) is 10.0. The lowest BCUT2D eigenvalue weighted by molar-refractivity contribution is 0.493. The normalized spacial score (nSPS) is 15.7. The van der Waals surface area contributed by atoms with Crippen LogP contribution in [0.4, 0.5) is 11.8 Å². The SMILES string of the molecule is CCNc1nc(NC(C)(C)C2CC2)c2ccsc2n1. The van der Waals surface area contributed by atoms with E-state index in [4.69, 9.17) is 0 Å². The van der Waals surface area contributed by atoms with Crippen molar-refractivity contribution >= 4 is 33.3 Å². The second kappa shape index (κ2) is 4.63. The number of fused-ring (bicyclic) bond motifs is 1. The summed E-state index contributed by atoms with van der Waals surface area (Å²) in [6.07, 6.45) is 2.63. The molecule has 2 aromatic heterocycles. The Morgan fingerprint density at radius 2 is 2.16 bits per heavy atom. The Labute approximate surface area is 117 Å². The van der Waals surface area contributed by atoms with Crippen molar-refractivity contribution in [1.82, 2.24) is 9.97 Å². The number of hydrogen-bond acceptors (Lipinski definition) is 5. The van der Waals surface area contributed by atoms with Crippen LogP contribution in [0.5, 0.6) is 0 Å². The average molecular weight is 276 g/mol. The second-order valence-electron chi connectivity index (χ2n) is 5.69. The molecule has 102 valence electrons. The van der Waals surface area contributed by atoms with Gasteiger partial charge in [-0.3, -0.25) is 0 Å². The van der Waals surface area contributed by atoms with E-state index in [2.05, 4.69) is 52.8 Å². The van der Waals surface area contributed by atoms with Gasteiger partial charge in [0.15, 0.2) is 0 Å². The van der Waals surface area contributed by atoms with E-state index in [1.165, 1.54) is 12.8 Å². The molecule has 1 aliphatic carbocycles. The van der Waals surface area contributed by atoms with Crippen molar-refractivity contribution in [3.8, 4) is 0 Å². The molecule has 1 fully saturated rings. The van der Waals surface area contributed by atoms with Gasteiger partial charge in [-0.25, -0.2) is 4.98 Å². The molecule has 1 saturated carbocycles. The number of nitrogens with zero attached hydrogens (tertiary/aromatic N) is 2. The minimum absolute atomic E-state index is 0.104. The molecule has 2 N–H and O–H groups in total. The molecule has 0 spiro atoms. The zero-order valence-electron chi connectivity index (χ0n) is 11.7. The molecule has 0 aliphatic heterocycles. The summed E-state index contributed by atoms with van der Waals surface area (Å²) in [5.74, 6) is 2.43. The molecule has 0 unspecified atom stereocenters. The number of hydrogen-bond donors (Lipinski definition) is 2. The molecule has 19 heavy (non-hydrogen) atoms. The highest BCUT2D eigenvalue weighted by Crippen LogP contribution is 2.41. The van der Waals surface area contributed by atoms with Crippen molar-refractivity contribution in [2.24, 2.45) is 5.92 Å². The van der Waals surface area contributed by atoms with E-state index >= 15 is 0 Å². The Morgan fingerprint density at radius 3 is 2.84 bits per heavy atom. The summed E-state index contributed by atoms with van der Waals surface area (Å²) in [5.41, 5.74) is 0.104. The fourth-order valence-corrected chi connectivity index (χ4v) is 3.16. The Bertz CT molecular complexity index is 586. The first-order valence-corrected chi connectivity index (χ1v) is 7.75. The lowest BCUT2D eigenvalue weighted by atomic mass is 9.99. The molecule has 1 aliphatic rings. The van der Waals surface area contributed by atoms with E-state index in [1.54, 1.807) is 11.3 Å². The van der Waals surface area contributed by atoms with Crippen LogP contribution in [0.2, 0.25) is 0 Å². The first-order chi connectivity index (χ1) is 9.10. The lowest BCUT2D eigenvalue weighted by Crippen LogP contribution is -2.33. The van der Waals surface area contributed by atoms with Crippen molar-refractivity contribution < 1.29 is 0 Å². The van der Waals surface area contributed by atoms with Gasteiger partial charge in [-0.15, -0.1) is 11.3 Å². The first kappa shape index (κ1) is 12.7. The van der Waals surface area contributed by atoms with Crippen LogP contribution in [0.15, 0.2) is 11.4 Å². The van der Waals surface area contributed by atoms with Crippen molar-refractivity contribution in [2.75, 3.05) is 17.2 Å². The summed E-state index contributed by atoms with van der Waals surface area (Å²) in [6, 6.07) is 2.10. The molecule has 0 amide bonds. The highest BCUT2D eigenvalue weighted by molar-refractivity contribution is 7.16. The predicted molar refractivity (Wildman–Crippen MR) is 82.0 cm³/mol. The fraction of sp³-hybridized carbons (Fsp3) is 0.571. The Hall–Kier alpha value is -1.36. The molecule has 0 aromatic carbocycles. The first-order valence-electron chi connectivity index (χ1n) is 6.87. The van der Waals surface area contributed by atoms with Gasteiger partial charge < -0.3 is 10.6 Å². The highest BCUT2D eigenvalue weighted by Gasteiger charge is 2.38. The van der Waals surface area contributed by atoms with Crippen molar-refractivity contribution in [3.63, 3.8) is 0 Å². The molecular formula is C14H20N4S. The van der Waals surface area contributed by atoms with Gasteiger partial charge in [-0.2, -0.15) is 4.98 Å². The van der Waals surface area contributed by atoms with E-state index in [9.17, 15) is 0 Å². The molecule has 4 nitrogen and oxygen atoms in total. The molecule has 5 heteroatoms. The van der Waals surface area contributed by atoms with Crippen LogP contribution in [0.3, 0.4) is 0 Å². The maximum absolute atomic E-state index is 4.63. The summed E-state index contributed by atoms with van der Waals surface area (Å²) in [6.45, 7) is 7.42. The maximum atomic E-state index is 4.63. The molecule has 0 atom stereocenters. The van der Waals surface area contributed by atoms with Crippen molar-refractivity contribution in [2.45, 2.75) is 39.2 Å². The lowest BCUT2D eigenvalue weighted by Gasteiger charge is -2.27. The van der Waals surface area contributed by atoms with E-state index in [-0.39, 0.29) is 5.54 Å². The number of nitrogens with one attached hydrogen (secondary N) is 2. The van der Waals surface area contributed by atoms with Crippen molar-refractivity contribution in [3.05, 3.63) is 11.4 Å². The van der Waals surface area contributed by atoms with E-state index in [1.807, 2.05) is 0 Å². The second-order valence-corrected chi connectivity index (χ2v) is 6.58. The zero-order chi connectivity index (χ0) is 13.5. The number of aromatic nitrogens is 2. The summed E-state index contributed by atoms with van der Waals surface area (Å²) < 4.78 is 0. The van der Waals surface area contributed by atoms with Crippen molar-refractivity contribution in [1.29, 1.82) is 0 Å². The van der Waals surface area contributed by atoms with E-state index in [0.717, 1.165) is 28.5 Å². The van der Waals surface area contributed by atoms with Gasteiger partial charge in [-0.05, 0) is 51.0 Å². The van der Waals surface area contributed by atoms with Gasteiger partial charge in [0.2, 0.25) is 5.95 Å². The van der Waals surface area contributed by atoms with Crippen LogP contribution in [0.25, 0.3) is 10.2 Å². The van der Waals surface area contributed by atoms with Gasteiger partial charge >= 0.3 is 0 Å². The van der Waals surface area contributed by atoms with Crippen LogP contribution < -0.4 is 10.6 Å². The van der Waals surface area contributed by atoms with Crippen LogP contribution in [0.1, 0.15) is 33.6 Å². The molecule has 3 rings (SSSR count). The Balaban J connectivity index is 1.98. The minimum Gasteiger partial charge on any atom is -0.364 e. The number of thiophene rings is 1. The summed E-state index contributed by atoms with van der Waals surface area (Å²) in [7, 11) is 0. The number of rotatable bonds is 5. The monoisotopic (exact) mass is 276 g/mol. The summed E-state index contributed by atoms with van der Waals surface area (Å²) >= 11 is 1.66. The topological polar surface area (TPSA) is 49.8 Å². The third-order valence-corrected chi connectivity index (χ3v) is 4.51. The third-order valence-electron chi connectivity index (χ3n) is 3.70. The van der Waals surface area contributed by atoms with E-state index < -0.39 is 0 Å². The summed E-state index contributed by atoms with van der Waals surface area (Å²) in [4.78, 5) is 10.2. The van der Waals surface area contributed by atoms with Gasteiger partial charge in [0.1, 0.15) is 10.6 Å². The maximum Gasteiger partial charge on any atom is 0.226 e. The standard InChI is InChI=1S/C14H20N4S/c1-4-15-13-16-11(10-7-8-19-12(10)17-13)18-14(2,3)9-5-6-9/h7-9H,4-6H2,1-3H3,(H2,15,16,17,18). The Kier molecular flexibility index (Phi) is 3.09. The number of anilines is 2. The highest BCUT2D eigenvalue weighted by atomic mass is 32.1. The fourth-order valence-electron chi connectivity index (χ4n) is 2.40. The van der Waals surface area contributed by atoms with Crippen LogP contribution >= 0.6 is 11.3 Å². The zero-order valence-corrected chi connectivity index (χ0v) is 12.5. The van der Waals surface area contributed by atoms with Gasteiger partial charge in [-0.1, -0.05) is 0 Å². The molecular weight excluding hydrogens is 256 g/mol.